The number of anilines is 1. The van der Waals surface area contributed by atoms with Crippen molar-refractivity contribution in [2.45, 2.75) is 6.04 Å². The summed E-state index contributed by atoms with van der Waals surface area (Å²) in [5.74, 6) is 0.404. The minimum Gasteiger partial charge on any atom is -0.497 e. The number of benzene rings is 2. The van der Waals surface area contributed by atoms with Crippen molar-refractivity contribution in [3.05, 3.63) is 70.3 Å². The lowest BCUT2D eigenvalue weighted by Gasteiger charge is -2.13. The molecule has 132 valence electrons. The first kappa shape index (κ1) is 16.6. The summed E-state index contributed by atoms with van der Waals surface area (Å²) < 4.78 is 23.6. The lowest BCUT2D eigenvalue weighted by molar-refractivity contribution is 0.415. The topological polar surface area (TPSA) is 63.5 Å². The number of hydrogen-bond acceptors (Lipinski definition) is 5. The zero-order valence-corrected chi connectivity index (χ0v) is 14.6. The number of rotatable bonds is 3. The van der Waals surface area contributed by atoms with E-state index in [-0.39, 0.29) is 17.5 Å². The first-order chi connectivity index (χ1) is 12.6. The molecule has 0 radical (unpaired) electrons. The Labute approximate surface area is 151 Å². The molecule has 26 heavy (non-hydrogen) atoms. The lowest BCUT2D eigenvalue weighted by Crippen LogP contribution is -2.32. The van der Waals surface area contributed by atoms with Crippen LogP contribution in [-0.2, 0) is 0 Å². The van der Waals surface area contributed by atoms with Gasteiger partial charge in [-0.2, -0.15) is 0 Å². The summed E-state index contributed by atoms with van der Waals surface area (Å²) in [4.78, 5) is 12.3. The van der Waals surface area contributed by atoms with Crippen molar-refractivity contribution in [1.82, 2.24) is 5.32 Å². The van der Waals surface area contributed by atoms with Gasteiger partial charge in [0.15, 0.2) is 0 Å². The molecule has 2 heterocycles. The van der Waals surface area contributed by atoms with E-state index in [1.165, 1.54) is 23.1 Å². The summed E-state index contributed by atoms with van der Waals surface area (Å²) >= 11 is 0. The first-order valence-corrected chi connectivity index (χ1v) is 8.78. The number of nitrogens with one attached hydrogen (secondary N) is 2. The third-order valence-corrected chi connectivity index (χ3v) is 4.88. The van der Waals surface area contributed by atoms with Crippen LogP contribution in [0, 0.1) is 5.82 Å². The number of ether oxygens (including phenoxy) is 1. The van der Waals surface area contributed by atoms with Crippen molar-refractivity contribution >= 4 is 38.1 Å². The zero-order chi connectivity index (χ0) is 18.1. The molecule has 7 heteroatoms. The molecule has 0 spiro atoms. The van der Waals surface area contributed by atoms with Crippen LogP contribution in [0.1, 0.15) is 11.6 Å². The Morgan fingerprint density at radius 2 is 2.00 bits per heavy atom. The molecule has 4 rings (SSSR count). The predicted molar refractivity (Wildman–Crippen MR) is 104 cm³/mol. The molecule has 2 aromatic carbocycles. The Balaban J connectivity index is 1.57. The largest absolute Gasteiger partial charge is 0.497 e. The van der Waals surface area contributed by atoms with Crippen LogP contribution in [0.3, 0.4) is 0 Å². The summed E-state index contributed by atoms with van der Waals surface area (Å²) in [6.45, 7) is 0. The minimum atomic E-state index is -0.389. The number of methoxy groups -OCH3 is 1. The van der Waals surface area contributed by atoms with Gasteiger partial charge < -0.3 is 14.5 Å². The highest BCUT2D eigenvalue weighted by Gasteiger charge is 2.20. The van der Waals surface area contributed by atoms with Crippen LogP contribution >= 0.6 is 10.9 Å². The van der Waals surface area contributed by atoms with Gasteiger partial charge in [0.1, 0.15) is 22.3 Å². The highest BCUT2D eigenvalue weighted by molar-refractivity contribution is 7.97. The fourth-order valence-corrected chi connectivity index (χ4v) is 3.55. The van der Waals surface area contributed by atoms with Crippen molar-refractivity contribution in [1.29, 1.82) is 0 Å². The summed E-state index contributed by atoms with van der Waals surface area (Å²) in [6.07, 6.45) is 0. The van der Waals surface area contributed by atoms with Gasteiger partial charge in [0, 0.05) is 11.1 Å². The smallest absolute Gasteiger partial charge is 0.341 e. The maximum atomic E-state index is 13.0. The summed E-state index contributed by atoms with van der Waals surface area (Å²) in [5.41, 5.74) is 1.39. The van der Waals surface area contributed by atoms with E-state index in [0.717, 1.165) is 16.2 Å². The van der Waals surface area contributed by atoms with Crippen LogP contribution in [0.4, 0.5) is 10.1 Å². The van der Waals surface area contributed by atoms with Gasteiger partial charge in [0.25, 0.3) is 0 Å². The minimum absolute atomic E-state index is 0.291. The third-order valence-electron chi connectivity index (χ3n) is 4.01. The van der Waals surface area contributed by atoms with Crippen LogP contribution in [-0.4, -0.2) is 17.6 Å². The van der Waals surface area contributed by atoms with E-state index < -0.39 is 0 Å². The van der Waals surface area contributed by atoms with E-state index in [9.17, 15) is 9.18 Å². The van der Waals surface area contributed by atoms with E-state index in [1.54, 1.807) is 37.4 Å². The predicted octanol–water partition coefficient (Wildman–Crippen LogP) is 3.32. The molecule has 0 saturated carbocycles. The molecular weight excluding hydrogens is 355 g/mol. The van der Waals surface area contributed by atoms with Gasteiger partial charge in [-0.3, -0.25) is 5.32 Å². The molecule has 1 aromatic heterocycles. The fraction of sp³-hybridized carbons (Fsp3) is 0.105. The van der Waals surface area contributed by atoms with Crippen LogP contribution in [0.25, 0.3) is 11.0 Å². The number of hydrogen-bond donors (Lipinski definition) is 2. The van der Waals surface area contributed by atoms with Crippen molar-refractivity contribution in [2.75, 3.05) is 12.4 Å². The molecule has 0 saturated heterocycles. The van der Waals surface area contributed by atoms with Crippen LogP contribution in [0.15, 0.2) is 57.7 Å². The second kappa shape index (κ2) is 6.78. The van der Waals surface area contributed by atoms with Crippen LogP contribution in [0.5, 0.6) is 5.75 Å². The van der Waals surface area contributed by atoms with Crippen molar-refractivity contribution in [2.24, 2.45) is 0 Å². The number of fused-ring (bicyclic) bond motifs is 1. The van der Waals surface area contributed by atoms with E-state index in [0.29, 0.717) is 16.9 Å². The van der Waals surface area contributed by atoms with Crippen LogP contribution in [0.2, 0.25) is 0 Å². The molecule has 3 aromatic rings. The Morgan fingerprint density at radius 3 is 2.77 bits per heavy atom. The SMILES string of the molecule is COc1ccc2oc(=O)c([C@@H]3C=S=C(Nc4ccc(F)cc4)N3)cc2c1. The Kier molecular flexibility index (Phi) is 4.32. The molecule has 5 nitrogen and oxygen atoms in total. The molecule has 0 amide bonds. The van der Waals surface area contributed by atoms with Gasteiger partial charge >= 0.3 is 5.63 Å². The van der Waals surface area contributed by atoms with Gasteiger partial charge in [-0.25, -0.2) is 9.18 Å². The molecule has 0 bridgehead atoms. The lowest BCUT2D eigenvalue weighted by atomic mass is 10.1. The zero-order valence-electron chi connectivity index (χ0n) is 13.8. The molecular formula is C19H15FN2O3S. The van der Waals surface area contributed by atoms with Crippen molar-refractivity contribution in [3.8, 4) is 5.75 Å². The first-order valence-electron chi connectivity index (χ1n) is 7.90. The number of halogens is 1. The van der Waals surface area contributed by atoms with Gasteiger partial charge in [-0.05, 0) is 53.9 Å². The molecule has 0 unspecified atom stereocenters. The standard InChI is InChI=1S/C19H15FN2O3S/c1-24-14-6-7-17-11(8-14)9-15(18(23)25-17)16-10-26-19(22-16)21-13-4-2-12(20)3-5-13/h2-10,16,21-22H,1H3/t16-/m0/s1. The monoisotopic (exact) mass is 370 g/mol. The summed E-state index contributed by atoms with van der Waals surface area (Å²) in [5, 5.41) is 9.85. The highest BCUT2D eigenvalue weighted by atomic mass is 32.1. The van der Waals surface area contributed by atoms with Crippen molar-refractivity contribution < 1.29 is 13.5 Å². The van der Waals surface area contributed by atoms with E-state index in [2.05, 4.69) is 10.6 Å². The van der Waals surface area contributed by atoms with Crippen LogP contribution < -0.4 is 21.0 Å². The molecule has 0 fully saturated rings. The van der Waals surface area contributed by atoms with Crippen molar-refractivity contribution in [3.63, 3.8) is 0 Å². The normalized spacial score (nSPS) is 16.2. The van der Waals surface area contributed by atoms with Gasteiger partial charge in [-0.15, -0.1) is 10.9 Å². The molecule has 2 N–H and O–H groups in total. The van der Waals surface area contributed by atoms with E-state index >= 15 is 0 Å². The maximum absolute atomic E-state index is 13.0. The highest BCUT2D eigenvalue weighted by Crippen LogP contribution is 2.23. The second-order valence-electron chi connectivity index (χ2n) is 5.73. The quantitative estimate of drug-likeness (QED) is 0.547. The Hall–Kier alpha value is -2.90. The third kappa shape index (κ3) is 3.26. The maximum Gasteiger partial charge on any atom is 0.341 e. The van der Waals surface area contributed by atoms with Gasteiger partial charge in [-0.1, -0.05) is 0 Å². The molecule has 1 aliphatic heterocycles. The Morgan fingerprint density at radius 1 is 1.19 bits per heavy atom. The average Bonchev–Trinajstić information content (AvgIpc) is 3.11. The molecule has 1 atom stereocenters. The molecule has 1 aliphatic rings. The summed E-state index contributed by atoms with van der Waals surface area (Å²) in [7, 11) is 3.03. The van der Waals surface area contributed by atoms with E-state index in [4.69, 9.17) is 9.15 Å². The average molecular weight is 370 g/mol. The van der Waals surface area contributed by atoms with E-state index in [1.807, 2.05) is 11.4 Å². The fourth-order valence-electron chi connectivity index (χ4n) is 2.69. The Bertz CT molecular complexity index is 1100. The van der Waals surface area contributed by atoms with Gasteiger partial charge in [0.2, 0.25) is 0 Å². The second-order valence-corrected chi connectivity index (χ2v) is 6.65. The van der Waals surface area contributed by atoms with Gasteiger partial charge in [0.05, 0.1) is 18.7 Å². The summed E-state index contributed by atoms with van der Waals surface area (Å²) in [6, 6.07) is 12.9. The molecule has 0 aliphatic carbocycles.